The summed E-state index contributed by atoms with van der Waals surface area (Å²) in [5.74, 6) is -0.199. The Balaban J connectivity index is 2.01. The molecule has 0 radical (unpaired) electrons. The maximum atomic E-state index is 12.1. The van der Waals surface area contributed by atoms with E-state index in [1.807, 2.05) is 7.05 Å². The Hall–Kier alpha value is -1.27. The van der Waals surface area contributed by atoms with Crippen molar-refractivity contribution >= 4 is 0 Å². The summed E-state index contributed by atoms with van der Waals surface area (Å²) in [6.45, 7) is 2.83. The molecule has 0 bridgehead atoms. The first-order valence-corrected chi connectivity index (χ1v) is 6.98. The lowest BCUT2D eigenvalue weighted by Gasteiger charge is -2.33. The normalized spacial score (nSPS) is 24.0. The van der Waals surface area contributed by atoms with Crippen molar-refractivity contribution in [2.24, 2.45) is 0 Å². The summed E-state index contributed by atoms with van der Waals surface area (Å²) in [6.07, 6.45) is -1.94. The second-order valence-corrected chi connectivity index (χ2v) is 5.50. The minimum absolute atomic E-state index is 0.120. The number of likely N-dealkylation sites (N-methyl/N-ethyl adjacent to an activating group) is 1. The highest BCUT2D eigenvalue weighted by atomic mass is 19.4. The Morgan fingerprint density at radius 2 is 2.00 bits per heavy atom. The highest BCUT2D eigenvalue weighted by Crippen LogP contribution is 2.30. The molecule has 1 aliphatic rings. The van der Waals surface area contributed by atoms with Crippen molar-refractivity contribution in [2.45, 2.75) is 44.2 Å². The lowest BCUT2D eigenvalue weighted by Crippen LogP contribution is -2.48. The fourth-order valence-corrected chi connectivity index (χ4v) is 2.76. The molecule has 6 heteroatoms. The number of hydrogen-bond acceptors (Lipinski definition) is 3. The highest BCUT2D eigenvalue weighted by Gasteiger charge is 2.37. The summed E-state index contributed by atoms with van der Waals surface area (Å²) in [4.78, 5) is 0. The van der Waals surface area contributed by atoms with E-state index < -0.39 is 6.36 Å². The summed E-state index contributed by atoms with van der Waals surface area (Å²) >= 11 is 0. The molecule has 0 spiro atoms. The predicted octanol–water partition coefficient (Wildman–Crippen LogP) is 3.28. The molecule has 1 aromatic rings. The van der Waals surface area contributed by atoms with Crippen molar-refractivity contribution in [3.63, 3.8) is 0 Å². The number of hydrogen-bond donors (Lipinski definition) is 1. The predicted molar refractivity (Wildman–Crippen MR) is 73.3 cm³/mol. The van der Waals surface area contributed by atoms with Crippen LogP contribution in [0.4, 0.5) is 13.2 Å². The molecule has 21 heavy (non-hydrogen) atoms. The van der Waals surface area contributed by atoms with E-state index in [2.05, 4.69) is 17.0 Å². The van der Waals surface area contributed by atoms with Gasteiger partial charge in [-0.25, -0.2) is 0 Å². The van der Waals surface area contributed by atoms with Gasteiger partial charge in [-0.05, 0) is 50.9 Å². The minimum atomic E-state index is -4.65. The molecule has 118 valence electrons. The van der Waals surface area contributed by atoms with Crippen LogP contribution in [-0.2, 0) is 11.2 Å². The standard InChI is InChI=1S/C15H20F3NO2/c1-14(8-3-9-20-14)13(19-2)10-11-4-6-12(7-5-11)21-15(16,17)18/h4-7,13,19H,3,8-10H2,1-2H3. The van der Waals surface area contributed by atoms with E-state index in [-0.39, 0.29) is 17.4 Å². The molecular formula is C15H20F3NO2. The molecular weight excluding hydrogens is 283 g/mol. The molecule has 0 amide bonds. The fourth-order valence-electron chi connectivity index (χ4n) is 2.76. The van der Waals surface area contributed by atoms with Gasteiger partial charge in [-0.3, -0.25) is 0 Å². The van der Waals surface area contributed by atoms with Crippen molar-refractivity contribution in [1.82, 2.24) is 5.32 Å². The van der Waals surface area contributed by atoms with Gasteiger partial charge in [0.2, 0.25) is 0 Å². The molecule has 1 saturated heterocycles. The summed E-state index contributed by atoms with van der Waals surface area (Å²) in [7, 11) is 1.87. The second-order valence-electron chi connectivity index (χ2n) is 5.50. The molecule has 1 N–H and O–H groups in total. The maximum absolute atomic E-state index is 12.1. The Kier molecular flexibility index (Phi) is 4.78. The van der Waals surface area contributed by atoms with E-state index in [4.69, 9.17) is 4.74 Å². The average Bonchev–Trinajstić information content (AvgIpc) is 2.84. The summed E-state index contributed by atoms with van der Waals surface area (Å²) in [5, 5.41) is 3.25. The van der Waals surface area contributed by atoms with Crippen LogP contribution in [0, 0.1) is 0 Å². The van der Waals surface area contributed by atoms with Crippen LogP contribution in [0.3, 0.4) is 0 Å². The van der Waals surface area contributed by atoms with Gasteiger partial charge in [0.1, 0.15) is 5.75 Å². The van der Waals surface area contributed by atoms with E-state index >= 15 is 0 Å². The van der Waals surface area contributed by atoms with Crippen LogP contribution >= 0.6 is 0 Å². The van der Waals surface area contributed by atoms with Crippen LogP contribution in [0.25, 0.3) is 0 Å². The Bertz CT molecular complexity index is 453. The van der Waals surface area contributed by atoms with Crippen LogP contribution in [0.2, 0.25) is 0 Å². The Labute approximate surface area is 122 Å². The molecule has 1 fully saturated rings. The molecule has 1 aliphatic heterocycles. The first-order valence-electron chi connectivity index (χ1n) is 6.98. The van der Waals surface area contributed by atoms with Gasteiger partial charge in [-0.2, -0.15) is 0 Å². The van der Waals surface area contributed by atoms with Gasteiger partial charge in [0.25, 0.3) is 0 Å². The van der Waals surface area contributed by atoms with Gasteiger partial charge in [-0.15, -0.1) is 13.2 Å². The van der Waals surface area contributed by atoms with Crippen molar-refractivity contribution < 1.29 is 22.6 Å². The van der Waals surface area contributed by atoms with E-state index in [1.54, 1.807) is 12.1 Å². The first-order chi connectivity index (χ1) is 9.82. The average molecular weight is 303 g/mol. The molecule has 2 unspecified atom stereocenters. The first kappa shape index (κ1) is 16.1. The van der Waals surface area contributed by atoms with Crippen molar-refractivity contribution in [1.29, 1.82) is 0 Å². The molecule has 1 aromatic carbocycles. The monoisotopic (exact) mass is 303 g/mol. The number of nitrogens with one attached hydrogen (secondary N) is 1. The summed E-state index contributed by atoms with van der Waals surface area (Å²) in [5.41, 5.74) is 0.719. The smallest absolute Gasteiger partial charge is 0.406 e. The van der Waals surface area contributed by atoms with Crippen LogP contribution in [0.5, 0.6) is 5.75 Å². The Morgan fingerprint density at radius 3 is 2.48 bits per heavy atom. The fraction of sp³-hybridized carbons (Fsp3) is 0.600. The minimum Gasteiger partial charge on any atom is -0.406 e. The van der Waals surface area contributed by atoms with E-state index in [0.29, 0.717) is 6.42 Å². The molecule has 0 aliphatic carbocycles. The van der Waals surface area contributed by atoms with Gasteiger partial charge in [0, 0.05) is 12.6 Å². The molecule has 0 aromatic heterocycles. The summed E-state index contributed by atoms with van der Waals surface area (Å²) < 4.78 is 46.0. The van der Waals surface area contributed by atoms with Gasteiger partial charge in [-0.1, -0.05) is 12.1 Å². The van der Waals surface area contributed by atoms with Gasteiger partial charge in [0.15, 0.2) is 0 Å². The summed E-state index contributed by atoms with van der Waals surface area (Å²) in [6, 6.07) is 6.11. The largest absolute Gasteiger partial charge is 0.573 e. The Morgan fingerprint density at radius 1 is 1.33 bits per heavy atom. The van der Waals surface area contributed by atoms with Crippen LogP contribution in [-0.4, -0.2) is 31.7 Å². The third-order valence-electron chi connectivity index (χ3n) is 3.93. The molecule has 0 saturated carbocycles. The van der Waals surface area contributed by atoms with E-state index in [9.17, 15) is 13.2 Å². The zero-order chi connectivity index (χ0) is 15.5. The molecule has 2 atom stereocenters. The van der Waals surface area contributed by atoms with Gasteiger partial charge >= 0.3 is 6.36 Å². The quantitative estimate of drug-likeness (QED) is 0.905. The van der Waals surface area contributed by atoms with Crippen LogP contribution < -0.4 is 10.1 Å². The maximum Gasteiger partial charge on any atom is 0.573 e. The van der Waals surface area contributed by atoms with Crippen molar-refractivity contribution in [2.75, 3.05) is 13.7 Å². The highest BCUT2D eigenvalue weighted by molar-refractivity contribution is 5.28. The number of ether oxygens (including phenoxy) is 2. The third-order valence-corrected chi connectivity index (χ3v) is 3.93. The lowest BCUT2D eigenvalue weighted by atomic mass is 9.88. The number of alkyl halides is 3. The molecule has 1 heterocycles. The zero-order valence-corrected chi connectivity index (χ0v) is 12.2. The van der Waals surface area contributed by atoms with Crippen LogP contribution in [0.1, 0.15) is 25.3 Å². The van der Waals surface area contributed by atoms with Crippen molar-refractivity contribution in [3.8, 4) is 5.75 Å². The topological polar surface area (TPSA) is 30.5 Å². The van der Waals surface area contributed by atoms with E-state index in [0.717, 1.165) is 25.0 Å². The second kappa shape index (κ2) is 6.23. The van der Waals surface area contributed by atoms with Crippen molar-refractivity contribution in [3.05, 3.63) is 29.8 Å². The number of halogens is 3. The SMILES string of the molecule is CNC(Cc1ccc(OC(F)(F)F)cc1)C1(C)CCCO1. The van der Waals surface area contributed by atoms with Gasteiger partial charge in [0.05, 0.1) is 5.60 Å². The lowest BCUT2D eigenvalue weighted by molar-refractivity contribution is -0.274. The number of rotatable bonds is 5. The van der Waals surface area contributed by atoms with E-state index in [1.165, 1.54) is 12.1 Å². The zero-order valence-electron chi connectivity index (χ0n) is 12.2. The van der Waals surface area contributed by atoms with Gasteiger partial charge < -0.3 is 14.8 Å². The molecule has 3 nitrogen and oxygen atoms in total. The number of benzene rings is 1. The van der Waals surface area contributed by atoms with Crippen LogP contribution in [0.15, 0.2) is 24.3 Å². The molecule has 2 rings (SSSR count). The third kappa shape index (κ3) is 4.35.